The van der Waals surface area contributed by atoms with Gasteiger partial charge in [-0.15, -0.1) is 10.2 Å². The minimum atomic E-state index is -0.727. The van der Waals surface area contributed by atoms with Crippen molar-refractivity contribution in [2.24, 2.45) is 16.6 Å². The average Bonchev–Trinajstić information content (AvgIpc) is 2.83. The molecule has 0 aliphatic carbocycles. The van der Waals surface area contributed by atoms with Crippen LogP contribution in [-0.2, 0) is 5.41 Å². The SMILES string of the molecule is CCCNc1ccc(C(=O)N=C(N)C(C)(c2ccc(-c3cnc(N)nc3)nc2)C(C)C)nn1. The van der Waals surface area contributed by atoms with Gasteiger partial charge in [-0.05, 0) is 43.0 Å². The van der Waals surface area contributed by atoms with Crippen LogP contribution >= 0.6 is 0 Å². The molecule has 0 radical (unpaired) electrons. The number of nitrogens with one attached hydrogen (secondary N) is 1. The van der Waals surface area contributed by atoms with Gasteiger partial charge in [0.25, 0.3) is 5.91 Å². The van der Waals surface area contributed by atoms with E-state index in [0.29, 0.717) is 11.5 Å². The van der Waals surface area contributed by atoms with Gasteiger partial charge >= 0.3 is 0 Å². The van der Waals surface area contributed by atoms with Crippen molar-refractivity contribution in [2.45, 2.75) is 39.5 Å². The summed E-state index contributed by atoms with van der Waals surface area (Å²) in [5.74, 6) is 0.483. The topological polar surface area (TPSA) is 158 Å². The van der Waals surface area contributed by atoms with Gasteiger partial charge < -0.3 is 16.8 Å². The van der Waals surface area contributed by atoms with Gasteiger partial charge in [0, 0.05) is 30.7 Å². The first-order valence-electron chi connectivity index (χ1n) is 10.8. The first-order chi connectivity index (χ1) is 15.8. The number of aliphatic imine (C=N–C) groups is 1. The van der Waals surface area contributed by atoms with E-state index in [4.69, 9.17) is 11.5 Å². The highest BCUT2D eigenvalue weighted by molar-refractivity contribution is 6.05. The van der Waals surface area contributed by atoms with E-state index in [-0.39, 0.29) is 23.4 Å². The second-order valence-corrected chi connectivity index (χ2v) is 8.15. The summed E-state index contributed by atoms with van der Waals surface area (Å²) in [6.45, 7) is 8.80. The van der Waals surface area contributed by atoms with Crippen molar-refractivity contribution in [1.29, 1.82) is 0 Å². The number of amidine groups is 1. The number of nitrogens with two attached hydrogens (primary N) is 2. The highest BCUT2D eigenvalue weighted by Gasteiger charge is 2.36. The third-order valence-corrected chi connectivity index (χ3v) is 5.68. The first-order valence-corrected chi connectivity index (χ1v) is 10.8. The molecule has 3 aromatic heterocycles. The molecule has 10 heteroatoms. The summed E-state index contributed by atoms with van der Waals surface area (Å²) < 4.78 is 0. The fourth-order valence-electron chi connectivity index (χ4n) is 3.20. The Morgan fingerprint density at radius 2 is 1.82 bits per heavy atom. The van der Waals surface area contributed by atoms with E-state index < -0.39 is 11.3 Å². The van der Waals surface area contributed by atoms with E-state index in [9.17, 15) is 4.79 Å². The van der Waals surface area contributed by atoms with Gasteiger partial charge in [0.2, 0.25) is 5.95 Å². The Morgan fingerprint density at radius 3 is 2.36 bits per heavy atom. The first kappa shape index (κ1) is 23.7. The van der Waals surface area contributed by atoms with Crippen LogP contribution in [0.5, 0.6) is 0 Å². The van der Waals surface area contributed by atoms with Gasteiger partial charge in [-0.2, -0.15) is 4.99 Å². The molecule has 3 heterocycles. The zero-order valence-electron chi connectivity index (χ0n) is 19.3. The summed E-state index contributed by atoms with van der Waals surface area (Å²) in [5, 5.41) is 11.1. The van der Waals surface area contributed by atoms with E-state index >= 15 is 0 Å². The van der Waals surface area contributed by atoms with Gasteiger partial charge in [-0.25, -0.2) is 9.97 Å². The van der Waals surface area contributed by atoms with Crippen molar-refractivity contribution in [2.75, 3.05) is 17.6 Å². The van der Waals surface area contributed by atoms with Crippen LogP contribution in [0.15, 0.2) is 47.8 Å². The number of nitrogens with zero attached hydrogens (tertiary/aromatic N) is 6. The molecule has 10 nitrogen and oxygen atoms in total. The molecule has 0 aliphatic rings. The Labute approximate surface area is 193 Å². The second-order valence-electron chi connectivity index (χ2n) is 8.15. The predicted molar refractivity (Wildman–Crippen MR) is 129 cm³/mol. The van der Waals surface area contributed by atoms with E-state index in [1.807, 2.05) is 32.9 Å². The number of hydrogen-bond acceptors (Lipinski definition) is 8. The van der Waals surface area contributed by atoms with Crippen LogP contribution in [0.2, 0.25) is 0 Å². The third-order valence-electron chi connectivity index (χ3n) is 5.68. The summed E-state index contributed by atoms with van der Waals surface area (Å²) in [7, 11) is 0. The lowest BCUT2D eigenvalue weighted by atomic mass is 9.73. The molecule has 3 aromatic rings. The number of rotatable bonds is 8. The molecule has 0 saturated heterocycles. The summed E-state index contributed by atoms with van der Waals surface area (Å²) >= 11 is 0. The molecule has 0 saturated carbocycles. The third kappa shape index (κ3) is 5.28. The van der Waals surface area contributed by atoms with E-state index in [2.05, 4.69) is 42.4 Å². The van der Waals surface area contributed by atoms with Crippen LogP contribution in [0.1, 0.15) is 50.2 Å². The zero-order valence-corrected chi connectivity index (χ0v) is 19.3. The minimum Gasteiger partial charge on any atom is -0.386 e. The number of carbonyl (C=O) groups excluding carboxylic acids is 1. The smallest absolute Gasteiger partial charge is 0.299 e. The number of aromatic nitrogens is 5. The quantitative estimate of drug-likeness (QED) is 0.348. The summed E-state index contributed by atoms with van der Waals surface area (Å²) in [6, 6.07) is 7.06. The van der Waals surface area contributed by atoms with Crippen molar-refractivity contribution >= 4 is 23.5 Å². The fourth-order valence-corrected chi connectivity index (χ4v) is 3.20. The Kier molecular flexibility index (Phi) is 7.27. The Hall–Kier alpha value is -3.95. The monoisotopic (exact) mass is 447 g/mol. The number of hydrogen-bond donors (Lipinski definition) is 3. The molecule has 1 amide bonds. The summed E-state index contributed by atoms with van der Waals surface area (Å²) in [6.07, 6.45) is 5.92. The van der Waals surface area contributed by atoms with Crippen molar-refractivity contribution in [3.63, 3.8) is 0 Å². The van der Waals surface area contributed by atoms with E-state index in [0.717, 1.165) is 24.1 Å². The van der Waals surface area contributed by atoms with Crippen molar-refractivity contribution in [3.05, 3.63) is 54.1 Å². The fraction of sp³-hybridized carbons (Fsp3) is 0.348. The van der Waals surface area contributed by atoms with Crippen LogP contribution < -0.4 is 16.8 Å². The molecule has 0 aromatic carbocycles. The highest BCUT2D eigenvalue weighted by atomic mass is 16.1. The lowest BCUT2D eigenvalue weighted by Crippen LogP contribution is -2.43. The van der Waals surface area contributed by atoms with E-state index in [1.165, 1.54) is 0 Å². The maximum absolute atomic E-state index is 12.7. The molecular formula is C23H29N9O. The summed E-state index contributed by atoms with van der Waals surface area (Å²) in [4.78, 5) is 29.4. The molecule has 0 aliphatic heterocycles. The lowest BCUT2D eigenvalue weighted by Gasteiger charge is -2.33. The molecule has 3 rings (SSSR count). The number of amides is 1. The van der Waals surface area contributed by atoms with Crippen LogP contribution in [0, 0.1) is 5.92 Å². The van der Waals surface area contributed by atoms with Gasteiger partial charge in [-0.1, -0.05) is 26.8 Å². The number of anilines is 2. The maximum atomic E-state index is 12.7. The molecule has 0 spiro atoms. The number of nitrogen functional groups attached to an aromatic ring is 1. The van der Waals surface area contributed by atoms with Crippen molar-refractivity contribution in [3.8, 4) is 11.3 Å². The molecule has 172 valence electrons. The molecule has 5 N–H and O–H groups in total. The molecule has 0 fully saturated rings. The summed E-state index contributed by atoms with van der Waals surface area (Å²) in [5.41, 5.74) is 13.6. The number of pyridine rings is 1. The largest absolute Gasteiger partial charge is 0.386 e. The lowest BCUT2D eigenvalue weighted by molar-refractivity contribution is 0.0996. The molecule has 0 bridgehead atoms. The molecule has 1 atom stereocenters. The van der Waals surface area contributed by atoms with Crippen LogP contribution in [-0.4, -0.2) is 43.4 Å². The Balaban J connectivity index is 1.86. The van der Waals surface area contributed by atoms with Crippen molar-refractivity contribution in [1.82, 2.24) is 25.1 Å². The van der Waals surface area contributed by atoms with E-state index in [1.54, 1.807) is 30.7 Å². The molecule has 1 unspecified atom stereocenters. The van der Waals surface area contributed by atoms with Crippen molar-refractivity contribution < 1.29 is 4.79 Å². The molecular weight excluding hydrogens is 418 g/mol. The standard InChI is InChI=1S/C23H29N9O/c1-5-10-26-19-9-8-18(31-32-19)20(33)30-21(24)23(4,14(2)3)16-6-7-17(27-13-16)15-11-28-22(25)29-12-15/h6-9,11-14H,5,10H2,1-4H3,(H,26,32)(H2,24,30,33)(H2,25,28,29). The van der Waals surface area contributed by atoms with Gasteiger partial charge in [0.05, 0.1) is 11.1 Å². The average molecular weight is 448 g/mol. The van der Waals surface area contributed by atoms with Gasteiger partial charge in [0.15, 0.2) is 5.69 Å². The zero-order chi connectivity index (χ0) is 24.0. The highest BCUT2D eigenvalue weighted by Crippen LogP contribution is 2.33. The Bertz CT molecular complexity index is 1110. The van der Waals surface area contributed by atoms with Crippen LogP contribution in [0.25, 0.3) is 11.3 Å². The number of carbonyl (C=O) groups is 1. The minimum absolute atomic E-state index is 0.0354. The van der Waals surface area contributed by atoms with Crippen LogP contribution in [0.3, 0.4) is 0 Å². The Morgan fingerprint density at radius 1 is 1.09 bits per heavy atom. The van der Waals surface area contributed by atoms with Gasteiger partial charge in [-0.3, -0.25) is 9.78 Å². The van der Waals surface area contributed by atoms with Gasteiger partial charge in [0.1, 0.15) is 11.7 Å². The predicted octanol–water partition coefficient (Wildman–Crippen LogP) is 2.84. The van der Waals surface area contributed by atoms with Crippen LogP contribution in [0.4, 0.5) is 11.8 Å². The second kappa shape index (κ2) is 10.1. The maximum Gasteiger partial charge on any atom is 0.299 e. The normalized spacial score (nSPS) is 13.5. The molecule has 33 heavy (non-hydrogen) atoms.